The first-order valence-corrected chi connectivity index (χ1v) is 7.67. The molecular formula is C16H16OS. The van der Waals surface area contributed by atoms with E-state index in [1.807, 2.05) is 24.3 Å². The molecule has 0 saturated carbocycles. The summed E-state index contributed by atoms with van der Waals surface area (Å²) < 4.78 is 0. The van der Waals surface area contributed by atoms with Crippen LogP contribution in [0.3, 0.4) is 0 Å². The second kappa shape index (κ2) is 4.36. The Bertz CT molecular complexity index is 605. The molecule has 0 bridgehead atoms. The lowest BCUT2D eigenvalue weighted by atomic mass is 9.90. The first-order chi connectivity index (χ1) is 8.68. The van der Waals surface area contributed by atoms with Gasteiger partial charge in [0.25, 0.3) is 0 Å². The maximum absolute atomic E-state index is 12.7. The van der Waals surface area contributed by atoms with E-state index in [4.69, 9.17) is 0 Å². The summed E-state index contributed by atoms with van der Waals surface area (Å²) in [6.07, 6.45) is 6.37. The molecule has 0 fully saturated rings. The van der Waals surface area contributed by atoms with Gasteiger partial charge in [0.05, 0.1) is 5.25 Å². The van der Waals surface area contributed by atoms with Gasteiger partial charge in [-0.05, 0) is 27.8 Å². The fourth-order valence-corrected chi connectivity index (χ4v) is 4.67. The molecule has 2 aliphatic rings. The topological polar surface area (TPSA) is 17.1 Å². The summed E-state index contributed by atoms with van der Waals surface area (Å²) in [5.41, 5.74) is 3.12. The molecule has 0 N–H and O–H groups in total. The Balaban J connectivity index is 2.17. The first-order valence-electron chi connectivity index (χ1n) is 6.25. The van der Waals surface area contributed by atoms with Gasteiger partial charge >= 0.3 is 0 Å². The Labute approximate surface area is 110 Å². The van der Waals surface area contributed by atoms with E-state index in [0.717, 1.165) is 11.1 Å². The summed E-state index contributed by atoms with van der Waals surface area (Å²) in [5.74, 6) is 0.292. The molecule has 0 aromatic heterocycles. The first kappa shape index (κ1) is 11.7. The minimum absolute atomic E-state index is 0.0201. The normalized spacial score (nSPS) is 25.3. The average Bonchev–Trinajstić information content (AvgIpc) is 2.38. The Morgan fingerprint density at radius 1 is 1.22 bits per heavy atom. The minimum Gasteiger partial charge on any atom is -0.293 e. The standard InChI is InChI=1S/C16H16OS/c1-11(2)18-9-5-7-13-10-12-6-3-4-8-14(12)15(17)16(13)18/h3-11,16H,1-2H3. The molecule has 2 unspecified atom stereocenters. The summed E-state index contributed by atoms with van der Waals surface area (Å²) in [7, 11) is 0.0201. The molecule has 0 amide bonds. The van der Waals surface area contributed by atoms with Crippen molar-refractivity contribution in [3.63, 3.8) is 0 Å². The van der Waals surface area contributed by atoms with Crippen molar-refractivity contribution in [2.45, 2.75) is 24.3 Å². The minimum atomic E-state index is 0.0201. The van der Waals surface area contributed by atoms with Crippen LogP contribution in [0.15, 0.2) is 42.0 Å². The van der Waals surface area contributed by atoms with Gasteiger partial charge in [0, 0.05) is 5.56 Å². The average molecular weight is 256 g/mol. The van der Waals surface area contributed by atoms with E-state index < -0.39 is 0 Å². The number of Topliss-reactive ketones (excluding diaryl/α,β-unsaturated/α-hetero) is 1. The number of carbonyl (C=O) groups excluding carboxylic acids is 1. The molecule has 1 aromatic rings. The summed E-state index contributed by atoms with van der Waals surface area (Å²) in [6, 6.07) is 7.91. The van der Waals surface area contributed by atoms with Crippen molar-refractivity contribution in [2.75, 3.05) is 0 Å². The zero-order valence-electron chi connectivity index (χ0n) is 10.6. The van der Waals surface area contributed by atoms with Crippen LogP contribution in [0.4, 0.5) is 0 Å². The van der Waals surface area contributed by atoms with Gasteiger partial charge in [0.2, 0.25) is 0 Å². The van der Waals surface area contributed by atoms with Crippen molar-refractivity contribution >= 4 is 27.7 Å². The van der Waals surface area contributed by atoms with Crippen molar-refractivity contribution in [3.8, 4) is 0 Å². The molecule has 2 atom stereocenters. The monoisotopic (exact) mass is 256 g/mol. The molecule has 1 aliphatic carbocycles. The van der Waals surface area contributed by atoms with E-state index in [2.05, 4.69) is 37.4 Å². The van der Waals surface area contributed by atoms with Crippen molar-refractivity contribution in [3.05, 3.63) is 53.1 Å². The van der Waals surface area contributed by atoms with E-state index in [9.17, 15) is 4.79 Å². The SMILES string of the molecule is CC(C)S1=CC=CC2=Cc3ccccc3C(=O)C21. The largest absolute Gasteiger partial charge is 0.293 e. The second-order valence-electron chi connectivity index (χ2n) is 4.93. The van der Waals surface area contributed by atoms with Crippen LogP contribution in [0.2, 0.25) is 0 Å². The quantitative estimate of drug-likeness (QED) is 0.700. The number of benzene rings is 1. The predicted octanol–water partition coefficient (Wildman–Crippen LogP) is 3.68. The van der Waals surface area contributed by atoms with Crippen LogP contribution in [0.25, 0.3) is 6.08 Å². The highest BCUT2D eigenvalue weighted by molar-refractivity contribution is 8.17. The molecule has 0 radical (unpaired) electrons. The molecule has 2 heteroatoms. The Hall–Kier alpha value is -1.41. The zero-order chi connectivity index (χ0) is 12.7. The molecule has 0 spiro atoms. The smallest absolute Gasteiger partial charge is 0.180 e. The lowest BCUT2D eigenvalue weighted by molar-refractivity contribution is 0.0997. The van der Waals surface area contributed by atoms with Crippen LogP contribution < -0.4 is 0 Å². The van der Waals surface area contributed by atoms with Crippen molar-refractivity contribution < 1.29 is 4.79 Å². The summed E-state index contributed by atoms with van der Waals surface area (Å²) in [5, 5.41) is 2.76. The number of hydrogen-bond acceptors (Lipinski definition) is 1. The Kier molecular flexibility index (Phi) is 2.83. The molecule has 1 aromatic carbocycles. The van der Waals surface area contributed by atoms with Gasteiger partial charge in [-0.1, -0.05) is 50.3 Å². The maximum atomic E-state index is 12.7. The van der Waals surface area contributed by atoms with Gasteiger partial charge in [0.15, 0.2) is 5.78 Å². The van der Waals surface area contributed by atoms with Gasteiger partial charge < -0.3 is 0 Å². The van der Waals surface area contributed by atoms with Crippen molar-refractivity contribution in [2.24, 2.45) is 0 Å². The zero-order valence-corrected chi connectivity index (χ0v) is 11.4. The third-order valence-corrected chi connectivity index (χ3v) is 6.02. The third kappa shape index (κ3) is 1.72. The second-order valence-corrected chi connectivity index (χ2v) is 7.43. The van der Waals surface area contributed by atoms with E-state index in [1.165, 1.54) is 5.57 Å². The van der Waals surface area contributed by atoms with Gasteiger partial charge in [-0.25, -0.2) is 0 Å². The number of carbonyl (C=O) groups is 1. The Morgan fingerprint density at radius 3 is 2.78 bits per heavy atom. The van der Waals surface area contributed by atoms with E-state index >= 15 is 0 Å². The van der Waals surface area contributed by atoms with Crippen molar-refractivity contribution in [1.29, 1.82) is 0 Å². The highest BCUT2D eigenvalue weighted by Gasteiger charge is 2.32. The van der Waals surface area contributed by atoms with E-state index in [0.29, 0.717) is 11.0 Å². The van der Waals surface area contributed by atoms with Crippen LogP contribution in [0, 0.1) is 0 Å². The molecule has 18 heavy (non-hydrogen) atoms. The van der Waals surface area contributed by atoms with Gasteiger partial charge in [-0.15, -0.1) is 0 Å². The fraction of sp³-hybridized carbons (Fsp3) is 0.250. The van der Waals surface area contributed by atoms with Gasteiger partial charge in [-0.2, -0.15) is 10.5 Å². The molecular weight excluding hydrogens is 240 g/mol. The van der Waals surface area contributed by atoms with E-state index in [-0.39, 0.29) is 15.7 Å². The number of hydrogen-bond donors (Lipinski definition) is 0. The Morgan fingerprint density at radius 2 is 2.00 bits per heavy atom. The molecule has 1 nitrogen and oxygen atoms in total. The van der Waals surface area contributed by atoms with Gasteiger partial charge in [0.1, 0.15) is 0 Å². The summed E-state index contributed by atoms with van der Waals surface area (Å²) >= 11 is 0. The highest BCUT2D eigenvalue weighted by Crippen LogP contribution is 2.40. The predicted molar refractivity (Wildman–Crippen MR) is 80.5 cm³/mol. The number of allylic oxidation sites excluding steroid dienone is 2. The lowest BCUT2D eigenvalue weighted by Crippen LogP contribution is -2.28. The van der Waals surface area contributed by atoms with Crippen LogP contribution in [-0.2, 0) is 0 Å². The molecule has 0 saturated heterocycles. The van der Waals surface area contributed by atoms with Crippen LogP contribution >= 0.6 is 10.5 Å². The molecule has 92 valence electrons. The molecule has 1 heterocycles. The summed E-state index contributed by atoms with van der Waals surface area (Å²) in [4.78, 5) is 12.7. The van der Waals surface area contributed by atoms with Crippen LogP contribution in [0.1, 0.15) is 29.8 Å². The number of ketones is 1. The molecule has 1 aliphatic heterocycles. The summed E-state index contributed by atoms with van der Waals surface area (Å²) in [6.45, 7) is 4.40. The lowest BCUT2D eigenvalue weighted by Gasteiger charge is -2.30. The third-order valence-electron chi connectivity index (χ3n) is 3.43. The highest BCUT2D eigenvalue weighted by atomic mass is 32.2. The number of rotatable bonds is 1. The fourth-order valence-electron chi connectivity index (χ4n) is 2.56. The maximum Gasteiger partial charge on any atom is 0.180 e. The van der Waals surface area contributed by atoms with Crippen LogP contribution in [-0.4, -0.2) is 21.7 Å². The van der Waals surface area contributed by atoms with Crippen LogP contribution in [0.5, 0.6) is 0 Å². The van der Waals surface area contributed by atoms with Crippen molar-refractivity contribution in [1.82, 2.24) is 0 Å². The van der Waals surface area contributed by atoms with E-state index in [1.54, 1.807) is 0 Å². The molecule has 3 rings (SSSR count). The van der Waals surface area contributed by atoms with Gasteiger partial charge in [-0.3, -0.25) is 4.79 Å². The number of fused-ring (bicyclic) bond motifs is 2.